The molecule has 9 heteroatoms. The van der Waals surface area contributed by atoms with Gasteiger partial charge < -0.3 is 14.8 Å². The summed E-state index contributed by atoms with van der Waals surface area (Å²) in [7, 11) is 0. The molecule has 3 heterocycles. The van der Waals surface area contributed by atoms with E-state index in [0.29, 0.717) is 48.5 Å². The molecule has 0 radical (unpaired) electrons. The van der Waals surface area contributed by atoms with E-state index in [9.17, 15) is 9.59 Å². The van der Waals surface area contributed by atoms with Crippen LogP contribution in [0.3, 0.4) is 0 Å². The fourth-order valence-corrected chi connectivity index (χ4v) is 4.91. The van der Waals surface area contributed by atoms with Crippen molar-refractivity contribution in [2.24, 2.45) is 0 Å². The van der Waals surface area contributed by atoms with Crippen LogP contribution < -0.4 is 26.0 Å². The lowest BCUT2D eigenvalue weighted by atomic mass is 9.96. The summed E-state index contributed by atoms with van der Waals surface area (Å²) < 4.78 is 15.9. The third kappa shape index (κ3) is 3.89. The SMILES string of the molecule is CCCn1c(=O)n(CC)c(=O)c2c1nc(NC1CCCCC1)n2Cc1ccc2c(c1)OCO2. The van der Waals surface area contributed by atoms with Crippen LogP contribution in [-0.4, -0.2) is 31.5 Å². The lowest BCUT2D eigenvalue weighted by Gasteiger charge is -2.23. The van der Waals surface area contributed by atoms with Crippen molar-refractivity contribution < 1.29 is 9.47 Å². The van der Waals surface area contributed by atoms with Crippen LogP contribution in [0.4, 0.5) is 5.95 Å². The summed E-state index contributed by atoms with van der Waals surface area (Å²) in [4.78, 5) is 31.3. The number of nitrogens with one attached hydrogen (secondary N) is 1. The van der Waals surface area contributed by atoms with Crippen LogP contribution in [0.25, 0.3) is 11.2 Å². The highest BCUT2D eigenvalue weighted by Crippen LogP contribution is 2.33. The number of hydrogen-bond donors (Lipinski definition) is 1. The molecule has 0 saturated heterocycles. The molecule has 0 spiro atoms. The molecule has 3 aromatic rings. The van der Waals surface area contributed by atoms with Crippen molar-refractivity contribution in [1.82, 2.24) is 18.7 Å². The maximum Gasteiger partial charge on any atom is 0.332 e. The Hall–Kier alpha value is -3.23. The normalized spacial score (nSPS) is 15.9. The van der Waals surface area contributed by atoms with Crippen LogP contribution in [-0.2, 0) is 19.6 Å². The van der Waals surface area contributed by atoms with E-state index in [4.69, 9.17) is 14.5 Å². The Kier molecular flexibility index (Phi) is 5.86. The van der Waals surface area contributed by atoms with E-state index in [2.05, 4.69) is 5.32 Å². The Balaban J connectivity index is 1.67. The lowest BCUT2D eigenvalue weighted by Crippen LogP contribution is -2.40. The van der Waals surface area contributed by atoms with Crippen LogP contribution in [0.5, 0.6) is 11.5 Å². The summed E-state index contributed by atoms with van der Waals surface area (Å²) >= 11 is 0. The molecule has 176 valence electrons. The van der Waals surface area contributed by atoms with Gasteiger partial charge in [-0.1, -0.05) is 32.3 Å². The first-order valence-corrected chi connectivity index (χ1v) is 12.0. The molecule has 5 rings (SSSR count). The van der Waals surface area contributed by atoms with Gasteiger partial charge in [-0.15, -0.1) is 0 Å². The molecule has 1 N–H and O–H groups in total. The number of rotatable bonds is 7. The molecular formula is C24H31N5O4. The average molecular weight is 454 g/mol. The van der Waals surface area contributed by atoms with Crippen molar-refractivity contribution in [2.75, 3.05) is 12.1 Å². The molecule has 0 atom stereocenters. The first-order chi connectivity index (χ1) is 16.1. The lowest BCUT2D eigenvalue weighted by molar-refractivity contribution is 0.174. The summed E-state index contributed by atoms with van der Waals surface area (Å²) in [6.07, 6.45) is 6.55. The molecule has 1 saturated carbocycles. The topological polar surface area (TPSA) is 92.3 Å². The van der Waals surface area contributed by atoms with Gasteiger partial charge in [-0.3, -0.25) is 18.5 Å². The Morgan fingerprint density at radius 2 is 1.82 bits per heavy atom. The molecule has 1 fully saturated rings. The highest BCUT2D eigenvalue weighted by Gasteiger charge is 2.24. The van der Waals surface area contributed by atoms with E-state index in [1.54, 1.807) is 4.57 Å². The van der Waals surface area contributed by atoms with Gasteiger partial charge in [-0.25, -0.2) is 4.79 Å². The van der Waals surface area contributed by atoms with Crippen molar-refractivity contribution >= 4 is 17.1 Å². The quantitative estimate of drug-likeness (QED) is 0.590. The van der Waals surface area contributed by atoms with Crippen molar-refractivity contribution in [3.05, 3.63) is 44.6 Å². The third-order valence-corrected chi connectivity index (χ3v) is 6.59. The van der Waals surface area contributed by atoms with E-state index < -0.39 is 0 Å². The minimum Gasteiger partial charge on any atom is -0.454 e. The molecule has 1 aliphatic heterocycles. The summed E-state index contributed by atoms with van der Waals surface area (Å²) in [5.74, 6) is 2.07. The Bertz CT molecular complexity index is 1280. The third-order valence-electron chi connectivity index (χ3n) is 6.59. The number of hydrogen-bond acceptors (Lipinski definition) is 6. The van der Waals surface area contributed by atoms with Gasteiger partial charge in [0.1, 0.15) is 0 Å². The van der Waals surface area contributed by atoms with E-state index in [1.165, 1.54) is 23.8 Å². The van der Waals surface area contributed by atoms with Gasteiger partial charge >= 0.3 is 5.69 Å². The second kappa shape index (κ2) is 8.96. The number of nitrogens with zero attached hydrogens (tertiary/aromatic N) is 4. The fourth-order valence-electron chi connectivity index (χ4n) is 4.91. The molecule has 2 aromatic heterocycles. The summed E-state index contributed by atoms with van der Waals surface area (Å²) in [5.41, 5.74) is 1.29. The second-order valence-corrected chi connectivity index (χ2v) is 8.84. The van der Waals surface area contributed by atoms with Crippen molar-refractivity contribution in [3.63, 3.8) is 0 Å². The number of imidazole rings is 1. The zero-order valence-electron chi connectivity index (χ0n) is 19.3. The number of ether oxygens (including phenoxy) is 2. The number of aromatic nitrogens is 4. The molecule has 2 aliphatic rings. The zero-order chi connectivity index (χ0) is 22.9. The molecule has 1 aliphatic carbocycles. The van der Waals surface area contributed by atoms with E-state index in [-0.39, 0.29) is 18.0 Å². The van der Waals surface area contributed by atoms with E-state index >= 15 is 0 Å². The van der Waals surface area contributed by atoms with Gasteiger partial charge in [0, 0.05) is 19.1 Å². The van der Waals surface area contributed by atoms with Crippen LogP contribution in [0.2, 0.25) is 0 Å². The molecule has 9 nitrogen and oxygen atoms in total. The van der Waals surface area contributed by atoms with Gasteiger partial charge in [0.25, 0.3) is 5.56 Å². The molecule has 0 amide bonds. The highest BCUT2D eigenvalue weighted by atomic mass is 16.7. The number of anilines is 1. The monoisotopic (exact) mass is 453 g/mol. The van der Waals surface area contributed by atoms with Crippen molar-refractivity contribution in [1.29, 1.82) is 0 Å². The smallest absolute Gasteiger partial charge is 0.332 e. The maximum absolute atomic E-state index is 13.5. The van der Waals surface area contributed by atoms with Crippen LogP contribution in [0.15, 0.2) is 27.8 Å². The van der Waals surface area contributed by atoms with Gasteiger partial charge in [-0.05, 0) is 43.9 Å². The van der Waals surface area contributed by atoms with E-state index in [0.717, 1.165) is 30.6 Å². The van der Waals surface area contributed by atoms with Gasteiger partial charge in [-0.2, -0.15) is 4.98 Å². The Morgan fingerprint density at radius 3 is 2.58 bits per heavy atom. The Labute approximate surface area is 192 Å². The minimum absolute atomic E-state index is 0.214. The summed E-state index contributed by atoms with van der Waals surface area (Å²) in [5, 5.41) is 3.60. The predicted molar refractivity (Wildman–Crippen MR) is 126 cm³/mol. The minimum atomic E-state index is -0.297. The fraction of sp³-hybridized carbons (Fsp3) is 0.542. The standard InChI is InChI=1S/C24H31N5O4/c1-3-12-28-21-20(22(30)27(4-2)24(28)31)29(23(26-21)25-17-8-6-5-7-9-17)14-16-10-11-18-19(13-16)33-15-32-18/h10-11,13,17H,3-9,12,14-15H2,1-2H3,(H,25,26). The van der Waals surface area contributed by atoms with E-state index in [1.807, 2.05) is 36.6 Å². The van der Waals surface area contributed by atoms with Gasteiger partial charge in [0.15, 0.2) is 22.7 Å². The first kappa shape index (κ1) is 21.6. The van der Waals surface area contributed by atoms with Crippen molar-refractivity contribution in [2.45, 2.75) is 78.0 Å². The Morgan fingerprint density at radius 1 is 1.03 bits per heavy atom. The number of aryl methyl sites for hydroxylation is 1. The van der Waals surface area contributed by atoms with Crippen molar-refractivity contribution in [3.8, 4) is 11.5 Å². The summed E-state index contributed by atoms with van der Waals surface area (Å²) in [6, 6.07) is 6.12. The highest BCUT2D eigenvalue weighted by molar-refractivity contribution is 5.74. The van der Waals surface area contributed by atoms with Crippen LogP contribution >= 0.6 is 0 Å². The van der Waals surface area contributed by atoms with Gasteiger partial charge in [0.2, 0.25) is 12.7 Å². The number of benzene rings is 1. The zero-order valence-corrected chi connectivity index (χ0v) is 19.3. The first-order valence-electron chi connectivity index (χ1n) is 12.0. The molecule has 0 bridgehead atoms. The molecule has 33 heavy (non-hydrogen) atoms. The second-order valence-electron chi connectivity index (χ2n) is 8.84. The molecular weight excluding hydrogens is 422 g/mol. The molecule has 0 unspecified atom stereocenters. The molecule has 1 aromatic carbocycles. The van der Waals surface area contributed by atoms with Gasteiger partial charge in [0.05, 0.1) is 6.54 Å². The summed E-state index contributed by atoms with van der Waals surface area (Å²) in [6.45, 7) is 5.32. The van der Waals surface area contributed by atoms with Crippen LogP contribution in [0.1, 0.15) is 57.9 Å². The largest absolute Gasteiger partial charge is 0.454 e. The average Bonchev–Trinajstić information content (AvgIpc) is 3.42. The number of fused-ring (bicyclic) bond motifs is 2. The maximum atomic E-state index is 13.5. The predicted octanol–water partition coefficient (Wildman–Crippen LogP) is 3.31. The van der Waals surface area contributed by atoms with Crippen LogP contribution in [0, 0.1) is 0 Å².